The van der Waals surface area contributed by atoms with Crippen LogP contribution in [-0.2, 0) is 22.4 Å². The molecule has 4 heterocycles. The molecule has 5 nitrogen and oxygen atoms in total. The molecule has 0 aliphatic carbocycles. The topological polar surface area (TPSA) is 46.8 Å². The van der Waals surface area contributed by atoms with Gasteiger partial charge in [-0.25, -0.2) is 4.39 Å². The number of amides is 1. The van der Waals surface area contributed by atoms with E-state index in [0.29, 0.717) is 44.0 Å². The van der Waals surface area contributed by atoms with Crippen molar-refractivity contribution in [2.75, 3.05) is 26.3 Å². The molecule has 0 unspecified atom stereocenters. The van der Waals surface area contributed by atoms with Crippen molar-refractivity contribution >= 4 is 11.4 Å². The van der Waals surface area contributed by atoms with E-state index >= 15 is 0 Å². The highest BCUT2D eigenvalue weighted by Gasteiger charge is 2.43. The minimum atomic E-state index is -0.570. The Morgan fingerprint density at radius 2 is 1.94 bits per heavy atom. The van der Waals surface area contributed by atoms with E-state index in [4.69, 9.17) is 4.74 Å². The number of carbonyl (C=O) groups is 1. The molecule has 2 aliphatic heterocycles. The highest BCUT2D eigenvalue weighted by Crippen LogP contribution is 2.38. The quantitative estimate of drug-likeness (QED) is 0.568. The van der Waals surface area contributed by atoms with Crippen molar-refractivity contribution in [3.8, 4) is 0 Å². The van der Waals surface area contributed by atoms with Crippen LogP contribution in [0.2, 0.25) is 0 Å². The number of aromatic nitrogens is 2. The lowest BCUT2D eigenvalue weighted by atomic mass is 9.74. The van der Waals surface area contributed by atoms with Crippen LogP contribution in [0.15, 0.2) is 55.0 Å². The fraction of sp³-hybridized carbons (Fsp3) is 0.481. The Kier molecular flexibility index (Phi) is 6.45. The molecule has 2 aliphatic rings. The van der Waals surface area contributed by atoms with Crippen LogP contribution < -0.4 is 0 Å². The molecule has 174 valence electrons. The lowest BCUT2D eigenvalue weighted by molar-refractivity contribution is -0.148. The molecule has 2 saturated heterocycles. The SMILES string of the molecule is O=C(N1CCC[C@@H](Cc2nccn3cccc23)CC1)C1(Cc2ccccc2F)CCOCC1. The maximum atomic E-state index is 14.5. The predicted molar refractivity (Wildman–Crippen MR) is 125 cm³/mol. The molecule has 5 rings (SSSR count). The summed E-state index contributed by atoms with van der Waals surface area (Å²) in [6.07, 6.45) is 11.6. The summed E-state index contributed by atoms with van der Waals surface area (Å²) in [5.41, 5.74) is 2.36. The second kappa shape index (κ2) is 9.64. The molecule has 6 heteroatoms. The third-order valence-electron chi connectivity index (χ3n) is 7.54. The number of hydrogen-bond donors (Lipinski definition) is 0. The number of benzene rings is 1. The van der Waals surface area contributed by atoms with Gasteiger partial charge >= 0.3 is 0 Å². The lowest BCUT2D eigenvalue weighted by Crippen LogP contribution is -2.48. The van der Waals surface area contributed by atoms with E-state index in [1.54, 1.807) is 6.07 Å². The van der Waals surface area contributed by atoms with Crippen LogP contribution in [0.5, 0.6) is 0 Å². The number of ether oxygens (including phenoxy) is 1. The Bertz CT molecular complexity index is 1110. The average molecular weight is 450 g/mol. The number of carbonyl (C=O) groups excluding carboxylic acids is 1. The van der Waals surface area contributed by atoms with Crippen molar-refractivity contribution < 1.29 is 13.9 Å². The summed E-state index contributed by atoms with van der Waals surface area (Å²) < 4.78 is 22.2. The van der Waals surface area contributed by atoms with Crippen LogP contribution >= 0.6 is 0 Å². The van der Waals surface area contributed by atoms with Gasteiger partial charge in [-0.15, -0.1) is 0 Å². The summed E-state index contributed by atoms with van der Waals surface area (Å²) in [5.74, 6) is 0.467. The first-order valence-corrected chi connectivity index (χ1v) is 12.2. The first kappa shape index (κ1) is 22.1. The molecule has 33 heavy (non-hydrogen) atoms. The standard InChI is InChI=1S/C27H32FN3O2/c28-23-7-2-1-6-22(23)20-27(10-17-33-18-11-27)26(32)31-14-3-5-21(9-15-31)19-24-25-8-4-13-30(25)16-12-29-24/h1-2,4,6-8,12-13,16,21H,3,5,9-11,14-15,17-20H2/t21-/m1/s1. The maximum Gasteiger partial charge on any atom is 0.229 e. The Labute approximate surface area is 194 Å². The molecule has 0 saturated carbocycles. The van der Waals surface area contributed by atoms with E-state index in [0.717, 1.165) is 44.5 Å². The Hall–Kier alpha value is -2.73. The van der Waals surface area contributed by atoms with Crippen LogP contribution in [0, 0.1) is 17.2 Å². The van der Waals surface area contributed by atoms with Crippen LogP contribution in [-0.4, -0.2) is 46.5 Å². The molecule has 2 fully saturated rings. The summed E-state index contributed by atoms with van der Waals surface area (Å²) in [7, 11) is 0. The molecule has 0 radical (unpaired) electrons. The minimum Gasteiger partial charge on any atom is -0.381 e. The normalized spacial score (nSPS) is 21.1. The van der Waals surface area contributed by atoms with Gasteiger partial charge in [-0.3, -0.25) is 9.78 Å². The van der Waals surface area contributed by atoms with Crippen molar-refractivity contribution in [3.05, 3.63) is 72.1 Å². The van der Waals surface area contributed by atoms with Gasteiger partial charge in [0.05, 0.1) is 16.6 Å². The number of halogens is 1. The third kappa shape index (κ3) is 4.67. The largest absolute Gasteiger partial charge is 0.381 e. The minimum absolute atomic E-state index is 0.182. The summed E-state index contributed by atoms with van der Waals surface area (Å²) in [4.78, 5) is 20.6. The number of nitrogens with zero attached hydrogens (tertiary/aromatic N) is 3. The Balaban J connectivity index is 1.29. The number of fused-ring (bicyclic) bond motifs is 1. The van der Waals surface area contributed by atoms with E-state index in [2.05, 4.69) is 32.6 Å². The zero-order valence-corrected chi connectivity index (χ0v) is 19.1. The smallest absolute Gasteiger partial charge is 0.229 e. The molecule has 2 aromatic heterocycles. The van der Waals surface area contributed by atoms with Gasteiger partial charge in [0.2, 0.25) is 5.91 Å². The summed E-state index contributed by atoms with van der Waals surface area (Å²) >= 11 is 0. The van der Waals surface area contributed by atoms with Crippen molar-refractivity contribution in [1.82, 2.24) is 14.3 Å². The van der Waals surface area contributed by atoms with Gasteiger partial charge in [-0.05, 0) is 74.6 Å². The summed E-state index contributed by atoms with van der Waals surface area (Å²) in [6.45, 7) is 2.65. The highest BCUT2D eigenvalue weighted by molar-refractivity contribution is 5.83. The zero-order chi connectivity index (χ0) is 22.7. The molecule has 1 amide bonds. The number of likely N-dealkylation sites (tertiary alicyclic amines) is 1. The Morgan fingerprint density at radius 3 is 2.79 bits per heavy atom. The highest BCUT2D eigenvalue weighted by atomic mass is 19.1. The van der Waals surface area contributed by atoms with E-state index in [1.807, 2.05) is 24.5 Å². The number of rotatable bonds is 5. The van der Waals surface area contributed by atoms with Crippen molar-refractivity contribution in [3.63, 3.8) is 0 Å². The van der Waals surface area contributed by atoms with Gasteiger partial charge in [0.15, 0.2) is 0 Å². The first-order chi connectivity index (χ1) is 16.1. The molecular formula is C27H32FN3O2. The second-order valence-corrected chi connectivity index (χ2v) is 9.63. The summed E-state index contributed by atoms with van der Waals surface area (Å²) in [6, 6.07) is 11.0. The fourth-order valence-corrected chi connectivity index (χ4v) is 5.60. The molecular weight excluding hydrogens is 417 g/mol. The monoisotopic (exact) mass is 449 g/mol. The molecule has 1 atom stereocenters. The molecule has 3 aromatic rings. The van der Waals surface area contributed by atoms with Crippen molar-refractivity contribution in [2.24, 2.45) is 11.3 Å². The third-order valence-corrected chi connectivity index (χ3v) is 7.54. The van der Waals surface area contributed by atoms with E-state index < -0.39 is 5.41 Å². The number of hydrogen-bond acceptors (Lipinski definition) is 3. The molecule has 0 N–H and O–H groups in total. The van der Waals surface area contributed by atoms with Gasteiger partial charge in [0, 0.05) is 44.9 Å². The maximum absolute atomic E-state index is 14.5. The van der Waals surface area contributed by atoms with Gasteiger partial charge in [-0.2, -0.15) is 0 Å². The van der Waals surface area contributed by atoms with Crippen LogP contribution in [0.25, 0.3) is 5.52 Å². The van der Waals surface area contributed by atoms with Crippen LogP contribution in [0.4, 0.5) is 4.39 Å². The van der Waals surface area contributed by atoms with Gasteiger partial charge in [0.25, 0.3) is 0 Å². The van der Waals surface area contributed by atoms with E-state index in [-0.39, 0.29) is 11.7 Å². The van der Waals surface area contributed by atoms with Crippen molar-refractivity contribution in [1.29, 1.82) is 0 Å². The Morgan fingerprint density at radius 1 is 1.09 bits per heavy atom. The van der Waals surface area contributed by atoms with Crippen LogP contribution in [0.1, 0.15) is 43.4 Å². The molecule has 0 bridgehead atoms. The first-order valence-electron chi connectivity index (χ1n) is 12.2. The van der Waals surface area contributed by atoms with Crippen LogP contribution in [0.3, 0.4) is 0 Å². The second-order valence-electron chi connectivity index (χ2n) is 9.63. The lowest BCUT2D eigenvalue weighted by Gasteiger charge is -2.40. The van der Waals surface area contributed by atoms with Crippen molar-refractivity contribution in [2.45, 2.75) is 44.9 Å². The predicted octanol–water partition coefficient (Wildman–Crippen LogP) is 4.68. The molecule has 1 aromatic carbocycles. The van der Waals surface area contributed by atoms with Gasteiger partial charge in [0.1, 0.15) is 5.82 Å². The zero-order valence-electron chi connectivity index (χ0n) is 19.1. The summed E-state index contributed by atoms with van der Waals surface area (Å²) in [5, 5.41) is 0. The molecule has 0 spiro atoms. The fourth-order valence-electron chi connectivity index (χ4n) is 5.60. The van der Waals surface area contributed by atoms with Gasteiger partial charge < -0.3 is 14.0 Å². The average Bonchev–Trinajstić information content (AvgIpc) is 3.21. The van der Waals surface area contributed by atoms with E-state index in [9.17, 15) is 9.18 Å². The van der Waals surface area contributed by atoms with Gasteiger partial charge in [-0.1, -0.05) is 18.2 Å². The van der Waals surface area contributed by atoms with E-state index in [1.165, 1.54) is 11.6 Å².